The Morgan fingerprint density at radius 3 is 1.23 bits per heavy atom. The molecule has 0 aliphatic rings. The van der Waals surface area contributed by atoms with Crippen LogP contribution in [0.15, 0.2) is 12.2 Å². The molecular weight excluding hydrogens is 582 g/mol. The third-order valence-corrected chi connectivity index (χ3v) is 9.82. The van der Waals surface area contributed by atoms with Gasteiger partial charge in [0.1, 0.15) is 0 Å². The number of aliphatic hydroxyl groups excluding tert-OH is 3. The van der Waals surface area contributed by atoms with Gasteiger partial charge in [-0.1, -0.05) is 212 Å². The molecule has 0 aromatic heterocycles. The second-order valence-corrected chi connectivity index (χ2v) is 14.6. The summed E-state index contributed by atoms with van der Waals surface area (Å²) in [5.74, 6) is -0.317. The quantitative estimate of drug-likeness (QED) is 0.0390. The SMILES string of the molecule is CCCCCCCCCCCCCCCCCCCCCCCC/C=C/C(O)C(CO)NC(=O)CC(O)CCCCCCCCCC. The molecule has 47 heavy (non-hydrogen) atoms. The van der Waals surface area contributed by atoms with Crippen molar-refractivity contribution in [3.05, 3.63) is 12.2 Å². The molecule has 0 radical (unpaired) electrons. The Kier molecular flexibility index (Phi) is 37.2. The number of hydrogen-bond acceptors (Lipinski definition) is 4. The van der Waals surface area contributed by atoms with Crippen LogP contribution in [0.3, 0.4) is 0 Å². The van der Waals surface area contributed by atoms with E-state index in [1.54, 1.807) is 6.08 Å². The van der Waals surface area contributed by atoms with E-state index in [0.717, 1.165) is 25.7 Å². The fourth-order valence-corrected chi connectivity index (χ4v) is 6.58. The minimum atomic E-state index is -0.923. The molecule has 0 aromatic carbocycles. The van der Waals surface area contributed by atoms with Crippen molar-refractivity contribution in [2.45, 2.75) is 244 Å². The van der Waals surface area contributed by atoms with E-state index in [9.17, 15) is 20.1 Å². The van der Waals surface area contributed by atoms with Crippen LogP contribution in [-0.2, 0) is 4.79 Å². The second kappa shape index (κ2) is 37.9. The van der Waals surface area contributed by atoms with Crippen molar-refractivity contribution >= 4 is 5.91 Å². The zero-order valence-electron chi connectivity index (χ0n) is 31.7. The van der Waals surface area contributed by atoms with Crippen molar-refractivity contribution in [3.8, 4) is 0 Å². The summed E-state index contributed by atoms with van der Waals surface area (Å²) in [7, 11) is 0. The summed E-state index contributed by atoms with van der Waals surface area (Å²) < 4.78 is 0. The Bertz CT molecular complexity index is 655. The van der Waals surface area contributed by atoms with E-state index in [-0.39, 0.29) is 18.9 Å². The van der Waals surface area contributed by atoms with Gasteiger partial charge in [0.05, 0.1) is 31.3 Å². The first-order chi connectivity index (χ1) is 23.0. The number of carbonyl (C=O) groups is 1. The van der Waals surface area contributed by atoms with Gasteiger partial charge in [0.2, 0.25) is 5.91 Å². The number of nitrogens with one attached hydrogen (secondary N) is 1. The maximum Gasteiger partial charge on any atom is 0.222 e. The Morgan fingerprint density at radius 2 is 0.872 bits per heavy atom. The highest BCUT2D eigenvalue weighted by Crippen LogP contribution is 2.16. The molecule has 0 aromatic rings. The molecule has 0 heterocycles. The van der Waals surface area contributed by atoms with Gasteiger partial charge in [-0.15, -0.1) is 0 Å². The number of unbranched alkanes of at least 4 members (excludes halogenated alkanes) is 29. The molecular formula is C42H83NO4. The molecule has 0 spiro atoms. The third-order valence-electron chi connectivity index (χ3n) is 9.82. The summed E-state index contributed by atoms with van der Waals surface area (Å²) in [6, 6.07) is -0.737. The Balaban J connectivity index is 3.57. The summed E-state index contributed by atoms with van der Waals surface area (Å²) in [6.45, 7) is 4.19. The van der Waals surface area contributed by atoms with Crippen molar-refractivity contribution in [2.75, 3.05) is 6.61 Å². The zero-order valence-corrected chi connectivity index (χ0v) is 31.7. The largest absolute Gasteiger partial charge is 0.394 e. The van der Waals surface area contributed by atoms with Crippen molar-refractivity contribution < 1.29 is 20.1 Å². The van der Waals surface area contributed by atoms with Crippen LogP contribution >= 0.6 is 0 Å². The number of rotatable bonds is 38. The molecule has 0 saturated heterocycles. The zero-order chi connectivity index (χ0) is 34.5. The van der Waals surface area contributed by atoms with Crippen molar-refractivity contribution in [2.24, 2.45) is 0 Å². The second-order valence-electron chi connectivity index (χ2n) is 14.6. The summed E-state index contributed by atoms with van der Waals surface area (Å²) in [6.07, 6.45) is 43.7. The van der Waals surface area contributed by atoms with Gasteiger partial charge in [0.15, 0.2) is 0 Å². The minimum absolute atomic E-state index is 0.0168. The van der Waals surface area contributed by atoms with E-state index in [1.165, 1.54) is 173 Å². The van der Waals surface area contributed by atoms with Gasteiger partial charge < -0.3 is 20.6 Å². The van der Waals surface area contributed by atoms with Gasteiger partial charge in [-0.25, -0.2) is 0 Å². The average Bonchev–Trinajstić information content (AvgIpc) is 3.06. The predicted octanol–water partition coefficient (Wildman–Crippen LogP) is 11.7. The first kappa shape index (κ1) is 46.1. The highest BCUT2D eigenvalue weighted by Gasteiger charge is 2.20. The summed E-state index contributed by atoms with van der Waals surface area (Å²) >= 11 is 0. The molecule has 280 valence electrons. The number of hydrogen-bond donors (Lipinski definition) is 4. The van der Waals surface area contributed by atoms with Crippen LogP contribution in [0.25, 0.3) is 0 Å². The number of carbonyl (C=O) groups excluding carboxylic acids is 1. The Morgan fingerprint density at radius 1 is 0.532 bits per heavy atom. The van der Waals surface area contributed by atoms with Crippen molar-refractivity contribution in [1.82, 2.24) is 5.32 Å². The van der Waals surface area contributed by atoms with Crippen LogP contribution in [0.4, 0.5) is 0 Å². The molecule has 5 nitrogen and oxygen atoms in total. The maximum absolute atomic E-state index is 12.3. The van der Waals surface area contributed by atoms with Crippen LogP contribution < -0.4 is 5.32 Å². The van der Waals surface area contributed by atoms with Gasteiger partial charge >= 0.3 is 0 Å². The van der Waals surface area contributed by atoms with E-state index in [0.29, 0.717) is 6.42 Å². The normalized spacial score (nSPS) is 13.7. The van der Waals surface area contributed by atoms with E-state index in [4.69, 9.17) is 0 Å². The summed E-state index contributed by atoms with van der Waals surface area (Å²) in [4.78, 5) is 12.3. The molecule has 0 rings (SSSR count). The van der Waals surface area contributed by atoms with Crippen molar-refractivity contribution in [3.63, 3.8) is 0 Å². The Hall–Kier alpha value is -0.910. The summed E-state index contributed by atoms with van der Waals surface area (Å²) in [5, 5.41) is 33.0. The standard InChI is InChI=1S/C42H83NO4/c1-3-5-7-9-11-13-14-15-16-17-18-19-20-21-22-23-24-25-26-27-28-30-32-34-36-41(46)40(38-44)43-42(47)37-39(45)35-33-31-29-12-10-8-6-4-2/h34,36,39-41,44-46H,3-33,35,37-38H2,1-2H3,(H,43,47)/b36-34+. The molecule has 5 heteroatoms. The molecule has 0 saturated carbocycles. The Labute approximate surface area is 293 Å². The van der Waals surface area contributed by atoms with Gasteiger partial charge in [0, 0.05) is 0 Å². The number of amides is 1. The minimum Gasteiger partial charge on any atom is -0.394 e. The van der Waals surface area contributed by atoms with Gasteiger partial charge in [-0.2, -0.15) is 0 Å². The lowest BCUT2D eigenvalue weighted by Crippen LogP contribution is -2.45. The van der Waals surface area contributed by atoms with Crippen LogP contribution in [0, 0.1) is 0 Å². The van der Waals surface area contributed by atoms with Crippen LogP contribution in [0.1, 0.15) is 226 Å². The van der Waals surface area contributed by atoms with E-state index < -0.39 is 18.2 Å². The molecule has 4 N–H and O–H groups in total. The number of allylic oxidation sites excluding steroid dienone is 1. The number of aliphatic hydroxyl groups is 3. The fraction of sp³-hybridized carbons (Fsp3) is 0.929. The van der Waals surface area contributed by atoms with E-state index in [1.807, 2.05) is 6.08 Å². The lowest BCUT2D eigenvalue weighted by atomic mass is 10.0. The highest BCUT2D eigenvalue weighted by atomic mass is 16.3. The first-order valence-corrected chi connectivity index (χ1v) is 21.0. The fourth-order valence-electron chi connectivity index (χ4n) is 6.58. The van der Waals surface area contributed by atoms with Gasteiger partial charge in [-0.05, 0) is 19.3 Å². The smallest absolute Gasteiger partial charge is 0.222 e. The third kappa shape index (κ3) is 34.7. The maximum atomic E-state index is 12.3. The monoisotopic (exact) mass is 666 g/mol. The van der Waals surface area contributed by atoms with Gasteiger partial charge in [-0.3, -0.25) is 4.79 Å². The lowest BCUT2D eigenvalue weighted by Gasteiger charge is -2.21. The highest BCUT2D eigenvalue weighted by molar-refractivity contribution is 5.76. The molecule has 0 bridgehead atoms. The van der Waals surface area contributed by atoms with Gasteiger partial charge in [0.25, 0.3) is 0 Å². The summed E-state index contributed by atoms with van der Waals surface area (Å²) in [5.41, 5.74) is 0. The molecule has 0 aliphatic carbocycles. The molecule has 0 fully saturated rings. The average molecular weight is 666 g/mol. The predicted molar refractivity (Wildman–Crippen MR) is 204 cm³/mol. The lowest BCUT2D eigenvalue weighted by molar-refractivity contribution is -0.124. The van der Waals surface area contributed by atoms with Crippen LogP contribution in [-0.4, -0.2) is 46.1 Å². The first-order valence-electron chi connectivity index (χ1n) is 21.0. The van der Waals surface area contributed by atoms with Crippen LogP contribution in [0.5, 0.6) is 0 Å². The van der Waals surface area contributed by atoms with E-state index in [2.05, 4.69) is 19.2 Å². The van der Waals surface area contributed by atoms with E-state index >= 15 is 0 Å². The molecule has 1 amide bonds. The molecule has 0 aliphatic heterocycles. The molecule has 3 atom stereocenters. The topological polar surface area (TPSA) is 89.8 Å². The molecule has 3 unspecified atom stereocenters. The van der Waals surface area contributed by atoms with Crippen LogP contribution in [0.2, 0.25) is 0 Å². The van der Waals surface area contributed by atoms with Crippen molar-refractivity contribution in [1.29, 1.82) is 0 Å².